The van der Waals surface area contributed by atoms with E-state index in [2.05, 4.69) is 23.0 Å². The molecule has 2 aromatic rings. The van der Waals surface area contributed by atoms with Gasteiger partial charge in [-0.05, 0) is 53.1 Å². The molecule has 2 saturated heterocycles. The van der Waals surface area contributed by atoms with E-state index in [-0.39, 0.29) is 34.1 Å². The minimum atomic E-state index is -1.03. The zero-order valence-corrected chi connectivity index (χ0v) is 24.2. The molecule has 1 N–H and O–H groups in total. The Hall–Kier alpha value is -3.50. The summed E-state index contributed by atoms with van der Waals surface area (Å²) in [6.45, 7) is 14.6. The lowest BCUT2D eigenvalue weighted by Crippen LogP contribution is -2.59. The minimum Gasteiger partial charge on any atom is -0.507 e. The molecule has 40 heavy (non-hydrogen) atoms. The summed E-state index contributed by atoms with van der Waals surface area (Å²) in [4.78, 5) is 29.7. The van der Waals surface area contributed by atoms with E-state index in [1.165, 1.54) is 24.3 Å². The molecule has 0 radical (unpaired) electrons. The zero-order chi connectivity index (χ0) is 29.5. The molecular formula is C29H35ClF2N6O2. The van der Waals surface area contributed by atoms with Gasteiger partial charge < -0.3 is 24.7 Å². The van der Waals surface area contributed by atoms with Gasteiger partial charge >= 0.3 is 0 Å². The number of fused-ring (bicyclic) bond motifs is 1. The van der Waals surface area contributed by atoms with Crippen molar-refractivity contribution in [2.45, 2.75) is 38.9 Å². The Morgan fingerprint density at radius 3 is 2.45 bits per heavy atom. The van der Waals surface area contributed by atoms with Crippen molar-refractivity contribution in [1.29, 1.82) is 0 Å². The Kier molecular flexibility index (Phi) is 8.51. The molecule has 0 aliphatic carbocycles. The number of likely N-dealkylation sites (N-methyl/N-ethyl adjacent to an activating group) is 1. The number of anilines is 2. The van der Waals surface area contributed by atoms with Crippen molar-refractivity contribution >= 4 is 45.8 Å². The van der Waals surface area contributed by atoms with Crippen molar-refractivity contribution in [3.8, 4) is 0 Å². The first-order valence-electron chi connectivity index (χ1n) is 13.1. The van der Waals surface area contributed by atoms with E-state index in [0.717, 1.165) is 0 Å². The van der Waals surface area contributed by atoms with Gasteiger partial charge in [0.1, 0.15) is 22.9 Å². The number of carbonyl (C=O) groups excluding carboxylic acids is 1. The average molecular weight is 573 g/mol. The highest BCUT2D eigenvalue weighted by Gasteiger charge is 2.36. The van der Waals surface area contributed by atoms with Crippen molar-refractivity contribution in [3.05, 3.63) is 65.4 Å². The number of nitrogens with zero attached hydrogens (tertiary/aromatic N) is 6. The van der Waals surface area contributed by atoms with Gasteiger partial charge in [-0.2, -0.15) is 4.98 Å². The Labute approximate surface area is 238 Å². The van der Waals surface area contributed by atoms with E-state index in [4.69, 9.17) is 16.6 Å². The van der Waals surface area contributed by atoms with Gasteiger partial charge in [0.25, 0.3) is 0 Å². The number of benzene rings is 1. The molecule has 214 valence electrons. The number of halogens is 3. The Balaban J connectivity index is 1.93. The van der Waals surface area contributed by atoms with Gasteiger partial charge in [-0.3, -0.25) is 4.79 Å². The van der Waals surface area contributed by atoms with E-state index in [1.54, 1.807) is 11.8 Å². The van der Waals surface area contributed by atoms with Gasteiger partial charge in [0.05, 0.1) is 10.6 Å². The number of aliphatic hydroxyl groups excluding tert-OH is 1. The molecule has 4 rings (SSSR count). The standard InChI is InChI=1S/C29H35ClF2N6O2/c1-8-10-22(39)24(18(5)31)25-21(30)11-20-27(26(25)32)33-29(36-14-19(15-36)35(6)7)34-28(20)38-13-16(3)37(12-17(38)4)23(40)9-2/h8-11,16-17,19,39H,2,5,12-15H2,1,3-4,6-7H3/b10-8-,24-22-/t16-,17+/m1/s1. The molecule has 8 nitrogen and oxygen atoms in total. The normalized spacial score (nSPS) is 20.8. The molecule has 0 spiro atoms. The molecule has 2 atom stereocenters. The molecule has 1 aromatic carbocycles. The van der Waals surface area contributed by atoms with Gasteiger partial charge in [-0.15, -0.1) is 0 Å². The van der Waals surface area contributed by atoms with Crippen LogP contribution in [-0.2, 0) is 4.79 Å². The number of amides is 1. The lowest BCUT2D eigenvalue weighted by atomic mass is 9.99. The largest absolute Gasteiger partial charge is 0.507 e. The van der Waals surface area contributed by atoms with Crippen LogP contribution < -0.4 is 9.80 Å². The van der Waals surface area contributed by atoms with Crippen molar-refractivity contribution in [2.24, 2.45) is 0 Å². The zero-order valence-electron chi connectivity index (χ0n) is 23.5. The topological polar surface area (TPSA) is 76.0 Å². The second kappa shape index (κ2) is 11.5. The highest BCUT2D eigenvalue weighted by atomic mass is 35.5. The third-order valence-corrected chi connectivity index (χ3v) is 7.84. The molecule has 0 unspecified atom stereocenters. The summed E-state index contributed by atoms with van der Waals surface area (Å²) >= 11 is 6.57. The lowest BCUT2D eigenvalue weighted by molar-refractivity contribution is -0.128. The van der Waals surface area contributed by atoms with Crippen LogP contribution >= 0.6 is 11.6 Å². The minimum absolute atomic E-state index is 0.0517. The van der Waals surface area contributed by atoms with E-state index in [0.29, 0.717) is 49.4 Å². The number of allylic oxidation sites excluding steroid dienone is 4. The quantitative estimate of drug-likeness (QED) is 0.281. The number of piperazine rings is 1. The van der Waals surface area contributed by atoms with Crippen LogP contribution in [0.1, 0.15) is 26.3 Å². The van der Waals surface area contributed by atoms with Gasteiger partial charge in [-0.1, -0.05) is 30.8 Å². The number of hydrogen-bond acceptors (Lipinski definition) is 7. The van der Waals surface area contributed by atoms with Gasteiger partial charge in [0.2, 0.25) is 11.9 Å². The van der Waals surface area contributed by atoms with Crippen molar-refractivity contribution in [3.63, 3.8) is 0 Å². The summed E-state index contributed by atoms with van der Waals surface area (Å²) in [5, 5.41) is 10.7. The number of rotatable bonds is 7. The summed E-state index contributed by atoms with van der Waals surface area (Å²) in [5.41, 5.74) is -0.825. The van der Waals surface area contributed by atoms with Crippen LogP contribution in [0.25, 0.3) is 16.5 Å². The summed E-state index contributed by atoms with van der Waals surface area (Å²) in [7, 11) is 3.98. The summed E-state index contributed by atoms with van der Waals surface area (Å²) in [6.07, 6.45) is 4.03. The molecule has 1 amide bonds. The molecule has 3 heterocycles. The van der Waals surface area contributed by atoms with Crippen molar-refractivity contribution < 1.29 is 18.7 Å². The number of aromatic nitrogens is 2. The maximum atomic E-state index is 16.4. The highest BCUT2D eigenvalue weighted by molar-refractivity contribution is 6.33. The number of hydrogen-bond donors (Lipinski definition) is 1. The number of carbonyl (C=O) groups is 1. The first-order chi connectivity index (χ1) is 18.9. The van der Waals surface area contributed by atoms with E-state index in [9.17, 15) is 14.3 Å². The van der Waals surface area contributed by atoms with Crippen LogP contribution in [0.2, 0.25) is 5.02 Å². The lowest BCUT2D eigenvalue weighted by Gasteiger charge is -2.45. The highest BCUT2D eigenvalue weighted by Crippen LogP contribution is 2.41. The van der Waals surface area contributed by atoms with Crippen LogP contribution in [0, 0.1) is 5.82 Å². The maximum absolute atomic E-state index is 16.4. The third kappa shape index (κ3) is 5.30. The number of aliphatic hydroxyl groups is 1. The van der Waals surface area contributed by atoms with Crippen LogP contribution in [-0.4, -0.2) is 89.2 Å². The first kappa shape index (κ1) is 29.5. The van der Waals surface area contributed by atoms with Crippen LogP contribution in [0.3, 0.4) is 0 Å². The van der Waals surface area contributed by atoms with Crippen molar-refractivity contribution in [2.75, 3.05) is 50.1 Å². The molecule has 2 fully saturated rings. The fourth-order valence-electron chi connectivity index (χ4n) is 5.19. The van der Waals surface area contributed by atoms with Crippen LogP contribution in [0.15, 0.2) is 49.0 Å². The smallest absolute Gasteiger partial charge is 0.246 e. The predicted molar refractivity (Wildman–Crippen MR) is 157 cm³/mol. The predicted octanol–water partition coefficient (Wildman–Crippen LogP) is 5.11. The second-order valence-corrected chi connectivity index (χ2v) is 10.9. The van der Waals surface area contributed by atoms with Crippen molar-refractivity contribution in [1.82, 2.24) is 19.8 Å². The fraction of sp³-hybridized carbons (Fsp3) is 0.414. The molecule has 11 heteroatoms. The van der Waals surface area contributed by atoms with Gasteiger partial charge in [0, 0.05) is 55.3 Å². The molecular weight excluding hydrogens is 538 g/mol. The SMILES string of the molecule is C=CC(=O)N1C[C@H](C)N(c2nc(N3CC(N(C)C)C3)nc3c(F)c(/C(C(=C)F)=C(O)/C=C\C)c(Cl)cc23)C[C@H]1C. The summed E-state index contributed by atoms with van der Waals surface area (Å²) in [6, 6.07) is 1.46. The first-order valence-corrected chi connectivity index (χ1v) is 13.5. The molecule has 1 aromatic heterocycles. The Morgan fingerprint density at radius 2 is 1.88 bits per heavy atom. The molecule has 0 saturated carbocycles. The van der Waals surface area contributed by atoms with Gasteiger partial charge in [0.15, 0.2) is 5.82 Å². The maximum Gasteiger partial charge on any atom is 0.246 e. The fourth-order valence-corrected chi connectivity index (χ4v) is 5.48. The van der Waals surface area contributed by atoms with E-state index < -0.39 is 23.0 Å². The monoisotopic (exact) mass is 572 g/mol. The Bertz CT molecular complexity index is 1420. The van der Waals surface area contributed by atoms with Crippen LogP contribution in [0.5, 0.6) is 0 Å². The Morgan fingerprint density at radius 1 is 1.20 bits per heavy atom. The van der Waals surface area contributed by atoms with Gasteiger partial charge in [-0.25, -0.2) is 13.8 Å². The van der Waals surface area contributed by atoms with E-state index >= 15 is 4.39 Å². The molecule has 2 aliphatic heterocycles. The summed E-state index contributed by atoms with van der Waals surface area (Å²) in [5.74, 6) is -1.79. The molecule has 0 bridgehead atoms. The third-order valence-electron chi connectivity index (χ3n) is 7.54. The molecule has 2 aliphatic rings. The second-order valence-electron chi connectivity index (χ2n) is 10.5. The average Bonchev–Trinajstić information content (AvgIpc) is 2.85. The van der Waals surface area contributed by atoms with E-state index in [1.807, 2.05) is 37.7 Å². The summed E-state index contributed by atoms with van der Waals surface area (Å²) < 4.78 is 31.0. The van der Waals surface area contributed by atoms with Crippen LogP contribution in [0.4, 0.5) is 20.5 Å².